The van der Waals surface area contributed by atoms with E-state index in [1.54, 1.807) is 24.3 Å². The van der Waals surface area contributed by atoms with Crippen LogP contribution in [0.1, 0.15) is 46.4 Å². The van der Waals surface area contributed by atoms with Crippen LogP contribution in [0.2, 0.25) is 0 Å². The van der Waals surface area contributed by atoms with Crippen molar-refractivity contribution < 1.29 is 14.3 Å². The molecular weight excluding hydrogens is 258 g/mol. The number of rotatable bonds is 9. The van der Waals surface area contributed by atoms with E-state index in [4.69, 9.17) is 10.3 Å². The van der Waals surface area contributed by atoms with Gasteiger partial charge in [-0.1, -0.05) is 30.1 Å². The molecule has 0 amide bonds. The molecule has 6 nitrogen and oxygen atoms in total. The van der Waals surface area contributed by atoms with Crippen molar-refractivity contribution in [2.24, 2.45) is 5.11 Å². The van der Waals surface area contributed by atoms with Crippen LogP contribution in [-0.4, -0.2) is 25.4 Å². The number of benzene rings is 1. The van der Waals surface area contributed by atoms with Crippen LogP contribution in [0.3, 0.4) is 0 Å². The number of ether oxygens (including phenoxy) is 1. The van der Waals surface area contributed by atoms with Crippen LogP contribution in [0.15, 0.2) is 29.4 Å². The van der Waals surface area contributed by atoms with Gasteiger partial charge in [-0.15, -0.1) is 0 Å². The summed E-state index contributed by atoms with van der Waals surface area (Å²) in [7, 11) is 0. The van der Waals surface area contributed by atoms with Crippen molar-refractivity contribution in [3.8, 4) is 0 Å². The van der Waals surface area contributed by atoms with Gasteiger partial charge in [-0.3, -0.25) is 4.79 Å². The molecule has 0 saturated carbocycles. The van der Waals surface area contributed by atoms with Gasteiger partial charge in [0.2, 0.25) is 0 Å². The maximum atomic E-state index is 11.7. The molecule has 0 heterocycles. The number of azide groups is 1. The standard InChI is InChI=1S/C14H17N3O3/c15-17-16-9-3-1-2-4-10-20-14(19)13-7-5-12(11-18)6-8-13/h5-8,11H,1-4,9-10H2. The fraction of sp³-hybridized carbons (Fsp3) is 0.429. The van der Waals surface area contributed by atoms with Gasteiger partial charge in [-0.2, -0.15) is 0 Å². The molecule has 0 N–H and O–H groups in total. The molecule has 1 rings (SSSR count). The summed E-state index contributed by atoms with van der Waals surface area (Å²) < 4.78 is 5.12. The van der Waals surface area contributed by atoms with Crippen LogP contribution < -0.4 is 0 Å². The van der Waals surface area contributed by atoms with Gasteiger partial charge in [0.05, 0.1) is 12.2 Å². The molecule has 0 unspecified atom stereocenters. The summed E-state index contributed by atoms with van der Waals surface area (Å²) in [6.07, 6.45) is 4.24. The monoisotopic (exact) mass is 275 g/mol. The Bertz CT molecular complexity index is 479. The third-order valence-corrected chi connectivity index (χ3v) is 2.73. The van der Waals surface area contributed by atoms with E-state index in [0.717, 1.165) is 32.0 Å². The predicted octanol–water partition coefficient (Wildman–Crippen LogP) is 3.53. The molecule has 106 valence electrons. The van der Waals surface area contributed by atoms with Crippen molar-refractivity contribution in [3.63, 3.8) is 0 Å². The average Bonchev–Trinajstić information content (AvgIpc) is 2.50. The van der Waals surface area contributed by atoms with Gasteiger partial charge in [0.25, 0.3) is 0 Å². The Morgan fingerprint density at radius 2 is 1.90 bits per heavy atom. The Kier molecular flexibility index (Phi) is 7.53. The molecule has 0 aliphatic rings. The maximum Gasteiger partial charge on any atom is 0.338 e. The minimum absolute atomic E-state index is 0.371. The molecule has 0 atom stereocenters. The summed E-state index contributed by atoms with van der Waals surface area (Å²) in [4.78, 5) is 24.8. The smallest absolute Gasteiger partial charge is 0.338 e. The normalized spacial score (nSPS) is 9.60. The molecule has 0 radical (unpaired) electrons. The van der Waals surface area contributed by atoms with Crippen molar-refractivity contribution in [2.45, 2.75) is 25.7 Å². The van der Waals surface area contributed by atoms with Crippen molar-refractivity contribution in [2.75, 3.05) is 13.2 Å². The first kappa shape index (κ1) is 15.7. The summed E-state index contributed by atoms with van der Waals surface area (Å²) in [6.45, 7) is 0.884. The van der Waals surface area contributed by atoms with Crippen LogP contribution in [-0.2, 0) is 4.74 Å². The number of hydrogen-bond donors (Lipinski definition) is 0. The molecule has 0 spiro atoms. The molecule has 0 bridgehead atoms. The molecular formula is C14H17N3O3. The van der Waals surface area contributed by atoms with Crippen LogP contribution in [0.5, 0.6) is 0 Å². The van der Waals surface area contributed by atoms with Gasteiger partial charge < -0.3 is 4.74 Å². The Hall–Kier alpha value is -2.33. The zero-order valence-electron chi connectivity index (χ0n) is 11.2. The highest BCUT2D eigenvalue weighted by Crippen LogP contribution is 2.06. The zero-order chi connectivity index (χ0) is 14.6. The number of aldehydes is 1. The van der Waals surface area contributed by atoms with Crippen molar-refractivity contribution in [1.82, 2.24) is 0 Å². The highest BCUT2D eigenvalue weighted by atomic mass is 16.5. The predicted molar refractivity (Wildman–Crippen MR) is 74.6 cm³/mol. The third-order valence-electron chi connectivity index (χ3n) is 2.73. The number of unbranched alkanes of at least 4 members (excludes halogenated alkanes) is 3. The maximum absolute atomic E-state index is 11.7. The summed E-state index contributed by atoms with van der Waals surface area (Å²) >= 11 is 0. The minimum atomic E-state index is -0.378. The lowest BCUT2D eigenvalue weighted by atomic mass is 10.1. The molecule has 0 saturated heterocycles. The Balaban J connectivity index is 2.16. The largest absolute Gasteiger partial charge is 0.462 e. The minimum Gasteiger partial charge on any atom is -0.462 e. The third kappa shape index (κ3) is 6.02. The lowest BCUT2D eigenvalue weighted by Crippen LogP contribution is -2.06. The number of esters is 1. The molecule has 20 heavy (non-hydrogen) atoms. The van der Waals surface area contributed by atoms with Gasteiger partial charge in [0, 0.05) is 17.0 Å². The van der Waals surface area contributed by atoms with E-state index in [-0.39, 0.29) is 5.97 Å². The van der Waals surface area contributed by atoms with Crippen LogP contribution >= 0.6 is 0 Å². The first-order chi connectivity index (χ1) is 9.77. The van der Waals surface area contributed by atoms with Crippen LogP contribution in [0.25, 0.3) is 10.4 Å². The van der Waals surface area contributed by atoms with Crippen LogP contribution in [0.4, 0.5) is 0 Å². The van der Waals surface area contributed by atoms with E-state index in [9.17, 15) is 9.59 Å². The molecule has 1 aromatic rings. The number of carbonyl (C=O) groups excluding carboxylic acids is 2. The molecule has 0 aliphatic heterocycles. The lowest BCUT2D eigenvalue weighted by molar-refractivity contribution is 0.0497. The second kappa shape index (κ2) is 9.58. The Labute approximate surface area is 117 Å². The SMILES string of the molecule is [N-]=[N+]=NCCCCCCOC(=O)c1ccc(C=O)cc1. The van der Waals surface area contributed by atoms with Gasteiger partial charge in [-0.05, 0) is 30.5 Å². The number of carbonyl (C=O) groups is 2. The van der Waals surface area contributed by atoms with Crippen molar-refractivity contribution in [3.05, 3.63) is 45.8 Å². The van der Waals surface area contributed by atoms with E-state index in [2.05, 4.69) is 10.0 Å². The quantitative estimate of drug-likeness (QED) is 0.172. The molecule has 6 heteroatoms. The van der Waals surface area contributed by atoms with Crippen LogP contribution in [0, 0.1) is 0 Å². The summed E-state index contributed by atoms with van der Waals surface area (Å²) in [6, 6.07) is 6.32. The topological polar surface area (TPSA) is 92.1 Å². The van der Waals surface area contributed by atoms with Gasteiger partial charge >= 0.3 is 5.97 Å². The number of nitrogens with zero attached hydrogens (tertiary/aromatic N) is 3. The average molecular weight is 275 g/mol. The molecule has 0 aliphatic carbocycles. The van der Waals surface area contributed by atoms with E-state index >= 15 is 0 Å². The first-order valence-electron chi connectivity index (χ1n) is 6.51. The highest BCUT2D eigenvalue weighted by molar-refractivity contribution is 5.90. The van der Waals surface area contributed by atoms with E-state index in [0.29, 0.717) is 24.3 Å². The second-order valence-corrected chi connectivity index (χ2v) is 4.24. The summed E-state index contributed by atoms with van der Waals surface area (Å²) in [5.41, 5.74) is 9.06. The molecule has 0 fully saturated rings. The number of hydrogen-bond acceptors (Lipinski definition) is 4. The van der Waals surface area contributed by atoms with Crippen molar-refractivity contribution in [1.29, 1.82) is 0 Å². The molecule has 1 aromatic carbocycles. The Morgan fingerprint density at radius 3 is 2.55 bits per heavy atom. The van der Waals surface area contributed by atoms with Gasteiger partial charge in [0.15, 0.2) is 0 Å². The first-order valence-corrected chi connectivity index (χ1v) is 6.51. The van der Waals surface area contributed by atoms with E-state index in [1.807, 2.05) is 0 Å². The summed E-state index contributed by atoms with van der Waals surface area (Å²) in [5, 5.41) is 3.44. The fourth-order valence-corrected chi connectivity index (χ4v) is 1.63. The van der Waals surface area contributed by atoms with E-state index < -0.39 is 0 Å². The summed E-state index contributed by atoms with van der Waals surface area (Å²) in [5.74, 6) is -0.378. The zero-order valence-corrected chi connectivity index (χ0v) is 11.2. The second-order valence-electron chi connectivity index (χ2n) is 4.24. The highest BCUT2D eigenvalue weighted by Gasteiger charge is 2.06. The van der Waals surface area contributed by atoms with Crippen molar-refractivity contribution >= 4 is 12.3 Å². The Morgan fingerprint density at radius 1 is 1.20 bits per heavy atom. The molecule has 0 aromatic heterocycles. The van der Waals surface area contributed by atoms with Gasteiger partial charge in [-0.25, -0.2) is 4.79 Å². The fourth-order valence-electron chi connectivity index (χ4n) is 1.63. The lowest BCUT2D eigenvalue weighted by Gasteiger charge is -2.04. The van der Waals surface area contributed by atoms with E-state index in [1.165, 1.54) is 0 Å². The van der Waals surface area contributed by atoms with Gasteiger partial charge in [0.1, 0.15) is 6.29 Å².